The maximum absolute atomic E-state index is 13.2. The third-order valence-electron chi connectivity index (χ3n) is 6.71. The summed E-state index contributed by atoms with van der Waals surface area (Å²) in [5.41, 5.74) is 4.83. The van der Waals surface area contributed by atoms with Crippen LogP contribution in [-0.4, -0.2) is 10.6 Å². The van der Waals surface area contributed by atoms with Gasteiger partial charge in [0.15, 0.2) is 0 Å². The number of anilines is 1. The van der Waals surface area contributed by atoms with Gasteiger partial charge in [0.2, 0.25) is 0 Å². The lowest BCUT2D eigenvalue weighted by Gasteiger charge is -2.30. The number of pyridine rings is 1. The standard InChI is InChI=1S/C27H30N2O/c30-27-26(28-25-15-13-22(14-16-25)21-9-5-2-6-10-21)17-24(23-11-12-23)19-29(27)18-20-7-3-1-4-8-20/h1-10,17,19,22-23,25,28H,11-16,18H2. The van der Waals surface area contributed by atoms with Gasteiger partial charge in [-0.3, -0.25) is 4.79 Å². The summed E-state index contributed by atoms with van der Waals surface area (Å²) in [6.45, 7) is 0.635. The van der Waals surface area contributed by atoms with E-state index in [1.54, 1.807) is 0 Å². The average molecular weight is 399 g/mol. The Morgan fingerprint density at radius 3 is 2.03 bits per heavy atom. The molecule has 2 saturated carbocycles. The van der Waals surface area contributed by atoms with Crippen LogP contribution in [0.25, 0.3) is 0 Å². The summed E-state index contributed by atoms with van der Waals surface area (Å²) in [4.78, 5) is 13.2. The highest BCUT2D eigenvalue weighted by Gasteiger charge is 2.27. The van der Waals surface area contributed by atoms with E-state index in [1.165, 1.54) is 42.4 Å². The van der Waals surface area contributed by atoms with E-state index in [-0.39, 0.29) is 5.56 Å². The number of hydrogen-bond donors (Lipinski definition) is 1. The summed E-state index contributed by atoms with van der Waals surface area (Å²) in [5, 5.41) is 3.64. The summed E-state index contributed by atoms with van der Waals surface area (Å²) < 4.78 is 1.90. The van der Waals surface area contributed by atoms with Gasteiger partial charge in [0.25, 0.3) is 5.56 Å². The molecule has 3 nitrogen and oxygen atoms in total. The van der Waals surface area contributed by atoms with Crippen molar-refractivity contribution in [3.8, 4) is 0 Å². The molecule has 1 N–H and O–H groups in total. The molecule has 5 rings (SSSR count). The largest absolute Gasteiger partial charge is 0.378 e. The molecule has 0 radical (unpaired) electrons. The minimum absolute atomic E-state index is 0.105. The summed E-state index contributed by atoms with van der Waals surface area (Å²) in [6, 6.07) is 23.7. The van der Waals surface area contributed by atoms with Crippen molar-refractivity contribution in [2.24, 2.45) is 0 Å². The normalized spacial score (nSPS) is 21.3. The van der Waals surface area contributed by atoms with Gasteiger partial charge in [-0.2, -0.15) is 0 Å². The summed E-state index contributed by atoms with van der Waals surface area (Å²) in [6.07, 6.45) is 9.17. The van der Waals surface area contributed by atoms with Crippen molar-refractivity contribution in [2.75, 3.05) is 5.32 Å². The zero-order valence-electron chi connectivity index (χ0n) is 17.5. The maximum atomic E-state index is 13.2. The second kappa shape index (κ2) is 8.51. The molecule has 0 atom stereocenters. The summed E-state index contributed by atoms with van der Waals surface area (Å²) in [5.74, 6) is 1.28. The van der Waals surface area contributed by atoms with Gasteiger partial charge in [0.1, 0.15) is 5.69 Å². The van der Waals surface area contributed by atoms with Crippen molar-refractivity contribution in [2.45, 2.75) is 62.9 Å². The Morgan fingerprint density at radius 1 is 0.767 bits per heavy atom. The first kappa shape index (κ1) is 19.2. The number of aromatic nitrogens is 1. The minimum Gasteiger partial charge on any atom is -0.378 e. The molecule has 1 aromatic heterocycles. The lowest BCUT2D eigenvalue weighted by molar-refractivity contribution is 0.412. The van der Waals surface area contributed by atoms with Crippen LogP contribution in [0.15, 0.2) is 77.7 Å². The molecule has 0 saturated heterocycles. The van der Waals surface area contributed by atoms with Crippen LogP contribution in [-0.2, 0) is 6.54 Å². The Hall–Kier alpha value is -2.81. The van der Waals surface area contributed by atoms with Crippen molar-refractivity contribution in [1.82, 2.24) is 4.57 Å². The number of rotatable bonds is 6. The number of nitrogens with one attached hydrogen (secondary N) is 1. The fourth-order valence-electron chi connectivity index (χ4n) is 4.82. The fourth-order valence-corrected chi connectivity index (χ4v) is 4.82. The second-order valence-electron chi connectivity index (χ2n) is 8.98. The quantitative estimate of drug-likeness (QED) is 0.560. The van der Waals surface area contributed by atoms with Gasteiger partial charge in [0.05, 0.1) is 6.54 Å². The molecule has 0 bridgehead atoms. The van der Waals surface area contributed by atoms with Crippen molar-refractivity contribution in [1.29, 1.82) is 0 Å². The van der Waals surface area contributed by atoms with Crippen molar-refractivity contribution >= 4 is 5.69 Å². The zero-order chi connectivity index (χ0) is 20.3. The first-order valence-corrected chi connectivity index (χ1v) is 11.4. The molecule has 0 aliphatic heterocycles. The zero-order valence-corrected chi connectivity index (χ0v) is 17.5. The Morgan fingerprint density at radius 2 is 1.37 bits per heavy atom. The van der Waals surface area contributed by atoms with Gasteiger partial charge in [-0.15, -0.1) is 0 Å². The van der Waals surface area contributed by atoms with E-state index in [2.05, 4.69) is 60.0 Å². The van der Waals surface area contributed by atoms with Crippen LogP contribution in [0.5, 0.6) is 0 Å². The molecular weight excluding hydrogens is 368 g/mol. The lowest BCUT2D eigenvalue weighted by Crippen LogP contribution is -2.31. The highest BCUT2D eigenvalue weighted by molar-refractivity contribution is 5.46. The third kappa shape index (κ3) is 4.35. The predicted octanol–water partition coefficient (Wildman–Crippen LogP) is 5.91. The van der Waals surface area contributed by atoms with Crippen LogP contribution in [0.4, 0.5) is 5.69 Å². The Balaban J connectivity index is 1.32. The third-order valence-corrected chi connectivity index (χ3v) is 6.71. The highest BCUT2D eigenvalue weighted by atomic mass is 16.1. The molecule has 0 amide bonds. The SMILES string of the molecule is O=c1c(NC2CCC(c3ccccc3)CC2)cc(C2CC2)cn1Cc1ccccc1. The maximum Gasteiger partial charge on any atom is 0.274 e. The fraction of sp³-hybridized carbons (Fsp3) is 0.370. The van der Waals surface area contributed by atoms with Crippen molar-refractivity contribution in [3.05, 3.63) is 100.0 Å². The average Bonchev–Trinajstić information content (AvgIpc) is 3.64. The van der Waals surface area contributed by atoms with Gasteiger partial charge in [-0.25, -0.2) is 0 Å². The first-order valence-electron chi connectivity index (χ1n) is 11.4. The molecule has 3 heteroatoms. The number of nitrogens with zero attached hydrogens (tertiary/aromatic N) is 1. The molecule has 1 heterocycles. The Bertz CT molecular complexity index is 1030. The van der Waals surface area contributed by atoms with Gasteiger partial charge in [0, 0.05) is 12.2 Å². The van der Waals surface area contributed by atoms with E-state index < -0.39 is 0 Å². The Labute approximate surface area is 178 Å². The van der Waals surface area contributed by atoms with Crippen molar-refractivity contribution < 1.29 is 0 Å². The molecule has 3 aromatic rings. The minimum atomic E-state index is 0.105. The topological polar surface area (TPSA) is 34.0 Å². The van der Waals surface area contributed by atoms with Gasteiger partial charge >= 0.3 is 0 Å². The van der Waals surface area contributed by atoms with Crippen LogP contribution >= 0.6 is 0 Å². The molecule has 0 spiro atoms. The van der Waals surface area contributed by atoms with E-state index >= 15 is 0 Å². The molecule has 2 aromatic carbocycles. The lowest BCUT2D eigenvalue weighted by atomic mass is 9.82. The molecule has 0 unspecified atom stereocenters. The van der Waals surface area contributed by atoms with Crippen LogP contribution in [0.2, 0.25) is 0 Å². The van der Waals surface area contributed by atoms with E-state index in [1.807, 2.05) is 22.8 Å². The summed E-state index contributed by atoms with van der Waals surface area (Å²) >= 11 is 0. The van der Waals surface area contributed by atoms with Crippen LogP contribution in [0.1, 0.15) is 67.1 Å². The van der Waals surface area contributed by atoms with Gasteiger partial charge in [-0.05, 0) is 73.1 Å². The molecule has 154 valence electrons. The molecule has 2 aliphatic carbocycles. The van der Waals surface area contributed by atoms with Crippen molar-refractivity contribution in [3.63, 3.8) is 0 Å². The molecule has 30 heavy (non-hydrogen) atoms. The van der Waals surface area contributed by atoms with E-state index in [0.717, 1.165) is 18.5 Å². The summed E-state index contributed by atoms with van der Waals surface area (Å²) in [7, 11) is 0. The van der Waals surface area contributed by atoms with Gasteiger partial charge in [-0.1, -0.05) is 60.7 Å². The van der Waals surface area contributed by atoms with Crippen LogP contribution < -0.4 is 10.9 Å². The second-order valence-corrected chi connectivity index (χ2v) is 8.98. The van der Waals surface area contributed by atoms with Crippen LogP contribution in [0, 0.1) is 0 Å². The molecular formula is C27H30N2O. The van der Waals surface area contributed by atoms with E-state index in [9.17, 15) is 4.79 Å². The van der Waals surface area contributed by atoms with E-state index in [4.69, 9.17) is 0 Å². The monoisotopic (exact) mass is 398 g/mol. The first-order chi connectivity index (χ1) is 14.8. The van der Waals surface area contributed by atoms with Gasteiger partial charge < -0.3 is 9.88 Å². The number of benzene rings is 2. The van der Waals surface area contributed by atoms with Crippen LogP contribution in [0.3, 0.4) is 0 Å². The number of hydrogen-bond acceptors (Lipinski definition) is 2. The highest BCUT2D eigenvalue weighted by Crippen LogP contribution is 2.40. The van der Waals surface area contributed by atoms with E-state index in [0.29, 0.717) is 24.4 Å². The predicted molar refractivity (Wildman–Crippen MR) is 123 cm³/mol. The molecule has 2 fully saturated rings. The molecule has 2 aliphatic rings. The Kier molecular flexibility index (Phi) is 5.44. The smallest absolute Gasteiger partial charge is 0.274 e.